The van der Waals surface area contributed by atoms with Crippen LogP contribution >= 0.6 is 0 Å². The van der Waals surface area contributed by atoms with Crippen molar-refractivity contribution in [1.29, 1.82) is 0 Å². The molecule has 0 saturated carbocycles. The SMILES string of the molecule is C=CC(O)CCC(C)=O. The minimum atomic E-state index is -0.520. The van der Waals surface area contributed by atoms with E-state index in [0.717, 1.165) is 0 Å². The molecule has 0 saturated heterocycles. The van der Waals surface area contributed by atoms with Crippen LogP contribution in [0.1, 0.15) is 19.8 Å². The minimum absolute atomic E-state index is 0.107. The summed E-state index contributed by atoms with van der Waals surface area (Å²) in [5, 5.41) is 8.84. The maximum Gasteiger partial charge on any atom is 0.129 e. The van der Waals surface area contributed by atoms with E-state index >= 15 is 0 Å². The number of aliphatic hydroxyl groups is 1. The van der Waals surface area contributed by atoms with E-state index in [4.69, 9.17) is 5.11 Å². The number of carbonyl (C=O) groups is 1. The molecule has 0 heterocycles. The molecule has 0 bridgehead atoms. The van der Waals surface area contributed by atoms with Crippen molar-refractivity contribution >= 4 is 5.78 Å². The Bertz CT molecular complexity index is 107. The van der Waals surface area contributed by atoms with Crippen LogP contribution in [0.3, 0.4) is 0 Å². The molecule has 1 unspecified atom stereocenters. The zero-order chi connectivity index (χ0) is 7.28. The van der Waals surface area contributed by atoms with Crippen LogP contribution in [-0.2, 0) is 4.79 Å². The molecule has 0 spiro atoms. The topological polar surface area (TPSA) is 37.3 Å². The van der Waals surface area contributed by atoms with Crippen LogP contribution in [0, 0.1) is 0 Å². The number of rotatable bonds is 4. The van der Waals surface area contributed by atoms with Crippen LogP contribution < -0.4 is 0 Å². The fraction of sp³-hybridized carbons (Fsp3) is 0.571. The molecule has 0 aromatic carbocycles. The van der Waals surface area contributed by atoms with Crippen LogP contribution in [0.5, 0.6) is 0 Å². The minimum Gasteiger partial charge on any atom is -0.389 e. The van der Waals surface area contributed by atoms with E-state index in [9.17, 15) is 4.79 Å². The lowest BCUT2D eigenvalue weighted by molar-refractivity contribution is -0.117. The summed E-state index contributed by atoms with van der Waals surface area (Å²) < 4.78 is 0. The third-order valence-electron chi connectivity index (χ3n) is 1.06. The Kier molecular flexibility index (Phi) is 3.97. The molecule has 1 N–H and O–H groups in total. The van der Waals surface area contributed by atoms with Gasteiger partial charge in [0, 0.05) is 6.42 Å². The average Bonchev–Trinajstić information content (AvgIpc) is 1.83. The van der Waals surface area contributed by atoms with Crippen molar-refractivity contribution in [3.05, 3.63) is 12.7 Å². The number of carbonyl (C=O) groups excluding carboxylic acids is 1. The van der Waals surface area contributed by atoms with E-state index in [2.05, 4.69) is 6.58 Å². The molecule has 2 heteroatoms. The van der Waals surface area contributed by atoms with Gasteiger partial charge in [0.15, 0.2) is 0 Å². The summed E-state index contributed by atoms with van der Waals surface area (Å²) >= 11 is 0. The van der Waals surface area contributed by atoms with Crippen molar-refractivity contribution < 1.29 is 9.90 Å². The quantitative estimate of drug-likeness (QED) is 0.571. The van der Waals surface area contributed by atoms with E-state index in [1.807, 2.05) is 0 Å². The summed E-state index contributed by atoms with van der Waals surface area (Å²) in [6.45, 7) is 4.89. The first-order valence-electron chi connectivity index (χ1n) is 2.97. The Morgan fingerprint density at radius 3 is 2.78 bits per heavy atom. The van der Waals surface area contributed by atoms with Gasteiger partial charge in [-0.3, -0.25) is 0 Å². The van der Waals surface area contributed by atoms with Crippen molar-refractivity contribution in [2.75, 3.05) is 0 Å². The normalized spacial score (nSPS) is 12.7. The Labute approximate surface area is 55.2 Å². The largest absolute Gasteiger partial charge is 0.389 e. The van der Waals surface area contributed by atoms with E-state index < -0.39 is 6.10 Å². The van der Waals surface area contributed by atoms with Gasteiger partial charge in [-0.15, -0.1) is 6.58 Å². The monoisotopic (exact) mass is 128 g/mol. The molecule has 0 fully saturated rings. The number of ketones is 1. The van der Waals surface area contributed by atoms with Crippen molar-refractivity contribution in [2.45, 2.75) is 25.9 Å². The maximum atomic E-state index is 10.3. The standard InChI is InChI=1S/C7H12O2/c1-3-7(9)5-4-6(2)8/h3,7,9H,1,4-5H2,2H3. The summed E-state index contributed by atoms with van der Waals surface area (Å²) in [5.41, 5.74) is 0. The van der Waals surface area contributed by atoms with Crippen LogP contribution in [0.4, 0.5) is 0 Å². The number of aliphatic hydroxyl groups excluding tert-OH is 1. The molecule has 0 rings (SSSR count). The second-order valence-electron chi connectivity index (χ2n) is 2.04. The maximum absolute atomic E-state index is 10.3. The van der Waals surface area contributed by atoms with Gasteiger partial charge >= 0.3 is 0 Å². The fourth-order valence-corrected chi connectivity index (χ4v) is 0.469. The molecule has 0 aliphatic rings. The van der Waals surface area contributed by atoms with E-state index in [1.54, 1.807) is 0 Å². The molecular formula is C7H12O2. The highest BCUT2D eigenvalue weighted by Gasteiger charge is 1.98. The average molecular weight is 128 g/mol. The van der Waals surface area contributed by atoms with Gasteiger partial charge in [0.1, 0.15) is 5.78 Å². The molecule has 2 nitrogen and oxygen atoms in total. The highest BCUT2D eigenvalue weighted by Crippen LogP contribution is 1.97. The highest BCUT2D eigenvalue weighted by molar-refractivity contribution is 5.75. The zero-order valence-electron chi connectivity index (χ0n) is 5.63. The van der Waals surface area contributed by atoms with E-state index in [0.29, 0.717) is 12.8 Å². The molecule has 52 valence electrons. The van der Waals surface area contributed by atoms with Crippen molar-refractivity contribution in [1.82, 2.24) is 0 Å². The van der Waals surface area contributed by atoms with Gasteiger partial charge < -0.3 is 9.90 Å². The van der Waals surface area contributed by atoms with Gasteiger partial charge in [0.05, 0.1) is 6.10 Å². The summed E-state index contributed by atoms with van der Waals surface area (Å²) in [5.74, 6) is 0.107. The third-order valence-corrected chi connectivity index (χ3v) is 1.06. The Hall–Kier alpha value is -0.630. The van der Waals surface area contributed by atoms with Crippen molar-refractivity contribution in [2.24, 2.45) is 0 Å². The summed E-state index contributed by atoms with van der Waals surface area (Å²) in [7, 11) is 0. The summed E-state index contributed by atoms with van der Waals surface area (Å²) in [6.07, 6.45) is 1.85. The predicted octanol–water partition coefficient (Wildman–Crippen LogP) is 0.902. The summed E-state index contributed by atoms with van der Waals surface area (Å²) in [6, 6.07) is 0. The highest BCUT2D eigenvalue weighted by atomic mass is 16.3. The van der Waals surface area contributed by atoms with Gasteiger partial charge in [-0.1, -0.05) is 6.08 Å². The molecule has 0 aliphatic heterocycles. The lowest BCUT2D eigenvalue weighted by Crippen LogP contribution is -2.03. The van der Waals surface area contributed by atoms with Gasteiger partial charge in [0.25, 0.3) is 0 Å². The van der Waals surface area contributed by atoms with Crippen LogP contribution in [-0.4, -0.2) is 17.0 Å². The lowest BCUT2D eigenvalue weighted by Gasteiger charge is -2.00. The molecule has 0 aromatic heterocycles. The zero-order valence-corrected chi connectivity index (χ0v) is 5.63. The van der Waals surface area contributed by atoms with Crippen LogP contribution in [0.2, 0.25) is 0 Å². The number of hydrogen-bond acceptors (Lipinski definition) is 2. The van der Waals surface area contributed by atoms with Crippen molar-refractivity contribution in [3.63, 3.8) is 0 Å². The first-order valence-corrected chi connectivity index (χ1v) is 2.97. The first-order chi connectivity index (χ1) is 4.16. The molecular weight excluding hydrogens is 116 g/mol. The van der Waals surface area contributed by atoms with Gasteiger partial charge in [0.2, 0.25) is 0 Å². The molecule has 0 radical (unpaired) electrons. The van der Waals surface area contributed by atoms with Crippen molar-refractivity contribution in [3.8, 4) is 0 Å². The number of Topliss-reactive ketones (excluding diaryl/α,β-unsaturated/α-hetero) is 1. The first kappa shape index (κ1) is 8.37. The Morgan fingerprint density at radius 1 is 1.89 bits per heavy atom. The molecule has 0 aliphatic carbocycles. The molecule has 0 amide bonds. The molecule has 1 atom stereocenters. The van der Waals surface area contributed by atoms with E-state index in [-0.39, 0.29) is 5.78 Å². The second kappa shape index (κ2) is 4.27. The predicted molar refractivity (Wildman–Crippen MR) is 36.1 cm³/mol. The number of hydrogen-bond donors (Lipinski definition) is 1. The third kappa shape index (κ3) is 5.24. The Balaban J connectivity index is 3.26. The lowest BCUT2D eigenvalue weighted by atomic mass is 10.1. The van der Waals surface area contributed by atoms with Crippen LogP contribution in [0.15, 0.2) is 12.7 Å². The van der Waals surface area contributed by atoms with Crippen LogP contribution in [0.25, 0.3) is 0 Å². The molecule has 9 heavy (non-hydrogen) atoms. The second-order valence-corrected chi connectivity index (χ2v) is 2.04. The van der Waals surface area contributed by atoms with E-state index in [1.165, 1.54) is 13.0 Å². The molecule has 0 aromatic rings. The van der Waals surface area contributed by atoms with Gasteiger partial charge in [-0.25, -0.2) is 0 Å². The van der Waals surface area contributed by atoms with Gasteiger partial charge in [-0.2, -0.15) is 0 Å². The van der Waals surface area contributed by atoms with Gasteiger partial charge in [-0.05, 0) is 13.3 Å². The fourth-order valence-electron chi connectivity index (χ4n) is 0.469. The Morgan fingerprint density at radius 2 is 2.44 bits per heavy atom. The smallest absolute Gasteiger partial charge is 0.129 e. The summed E-state index contributed by atoms with van der Waals surface area (Å²) in [4.78, 5) is 10.3.